The van der Waals surface area contributed by atoms with Crippen molar-refractivity contribution in [2.24, 2.45) is 5.92 Å². The molecular weight excluding hydrogens is 166 g/mol. The Morgan fingerprint density at radius 3 is 2.62 bits per heavy atom. The third-order valence-corrected chi connectivity index (χ3v) is 2.71. The maximum atomic E-state index is 11.5. The molecule has 0 aromatic rings. The first-order chi connectivity index (χ1) is 6.27. The molecule has 0 unspecified atom stereocenters. The Kier molecular flexibility index (Phi) is 4.22. The highest BCUT2D eigenvalue weighted by atomic mass is 16.5. The van der Waals surface area contributed by atoms with Gasteiger partial charge in [-0.05, 0) is 25.7 Å². The van der Waals surface area contributed by atoms with Crippen molar-refractivity contribution < 1.29 is 9.53 Å². The van der Waals surface area contributed by atoms with Crippen molar-refractivity contribution in [3.8, 4) is 0 Å². The molecule has 3 nitrogen and oxygen atoms in total. The van der Waals surface area contributed by atoms with Gasteiger partial charge in [0.05, 0.1) is 0 Å². The largest absolute Gasteiger partial charge is 0.375 e. The fourth-order valence-corrected chi connectivity index (χ4v) is 1.61. The fraction of sp³-hybridized carbons (Fsp3) is 0.900. The summed E-state index contributed by atoms with van der Waals surface area (Å²) < 4.78 is 4.83. The van der Waals surface area contributed by atoms with E-state index < -0.39 is 0 Å². The number of amides is 1. The highest BCUT2D eigenvalue weighted by molar-refractivity contribution is 5.77. The van der Waals surface area contributed by atoms with Gasteiger partial charge in [-0.25, -0.2) is 0 Å². The standard InChI is InChI=1S/C10H19NO2/c1-3-11(10(12)8-13-2)7-9-5-4-6-9/h9H,3-8H2,1-2H3. The van der Waals surface area contributed by atoms with Crippen LogP contribution in [-0.2, 0) is 9.53 Å². The summed E-state index contributed by atoms with van der Waals surface area (Å²) in [4.78, 5) is 13.3. The number of likely N-dealkylation sites (N-methyl/N-ethyl adjacent to an activating group) is 1. The number of nitrogens with zero attached hydrogens (tertiary/aromatic N) is 1. The molecule has 0 bridgehead atoms. The van der Waals surface area contributed by atoms with Gasteiger partial charge in [0.25, 0.3) is 0 Å². The quantitative estimate of drug-likeness (QED) is 0.645. The average Bonchev–Trinajstić information content (AvgIpc) is 2.03. The number of hydrogen-bond acceptors (Lipinski definition) is 2. The van der Waals surface area contributed by atoms with Crippen LogP contribution in [0, 0.1) is 5.92 Å². The summed E-state index contributed by atoms with van der Waals surface area (Å²) in [7, 11) is 1.56. The van der Waals surface area contributed by atoms with Gasteiger partial charge in [0.2, 0.25) is 5.91 Å². The Morgan fingerprint density at radius 2 is 2.23 bits per heavy atom. The van der Waals surface area contributed by atoms with Crippen LogP contribution in [0.5, 0.6) is 0 Å². The van der Waals surface area contributed by atoms with Gasteiger partial charge in [0.15, 0.2) is 0 Å². The van der Waals surface area contributed by atoms with E-state index in [4.69, 9.17) is 4.74 Å². The van der Waals surface area contributed by atoms with E-state index >= 15 is 0 Å². The van der Waals surface area contributed by atoms with Crippen molar-refractivity contribution in [3.05, 3.63) is 0 Å². The van der Waals surface area contributed by atoms with Crippen LogP contribution in [0.15, 0.2) is 0 Å². The Labute approximate surface area is 80.1 Å². The number of carbonyl (C=O) groups excluding carboxylic acids is 1. The van der Waals surface area contributed by atoms with E-state index in [2.05, 4.69) is 0 Å². The van der Waals surface area contributed by atoms with Crippen LogP contribution in [0.1, 0.15) is 26.2 Å². The van der Waals surface area contributed by atoms with E-state index in [1.807, 2.05) is 11.8 Å². The number of hydrogen-bond donors (Lipinski definition) is 0. The molecule has 1 aliphatic rings. The van der Waals surface area contributed by atoms with Gasteiger partial charge in [0.1, 0.15) is 6.61 Å². The molecule has 1 fully saturated rings. The van der Waals surface area contributed by atoms with Gasteiger partial charge in [-0.15, -0.1) is 0 Å². The minimum absolute atomic E-state index is 0.122. The molecule has 1 saturated carbocycles. The van der Waals surface area contributed by atoms with E-state index in [1.54, 1.807) is 7.11 Å². The Bertz CT molecular complexity index is 166. The van der Waals surface area contributed by atoms with Crippen LogP contribution in [0.25, 0.3) is 0 Å². The first-order valence-corrected chi connectivity index (χ1v) is 5.04. The Balaban J connectivity index is 2.27. The maximum absolute atomic E-state index is 11.5. The van der Waals surface area contributed by atoms with E-state index in [0.29, 0.717) is 0 Å². The summed E-state index contributed by atoms with van der Waals surface area (Å²) in [5, 5.41) is 0. The average molecular weight is 185 g/mol. The van der Waals surface area contributed by atoms with Gasteiger partial charge >= 0.3 is 0 Å². The topological polar surface area (TPSA) is 29.5 Å². The molecule has 0 saturated heterocycles. The van der Waals surface area contributed by atoms with Crippen LogP contribution in [0.4, 0.5) is 0 Å². The summed E-state index contributed by atoms with van der Waals surface area (Å²) in [6.07, 6.45) is 3.91. The van der Waals surface area contributed by atoms with Crippen molar-refractivity contribution in [2.75, 3.05) is 26.8 Å². The number of methoxy groups -OCH3 is 1. The number of rotatable bonds is 5. The van der Waals surface area contributed by atoms with Crippen LogP contribution < -0.4 is 0 Å². The molecular formula is C10H19NO2. The second-order valence-corrected chi connectivity index (χ2v) is 3.66. The SMILES string of the molecule is CCN(CC1CCC1)C(=O)COC. The lowest BCUT2D eigenvalue weighted by Crippen LogP contribution is -2.39. The molecule has 13 heavy (non-hydrogen) atoms. The molecule has 0 aromatic carbocycles. The lowest BCUT2D eigenvalue weighted by Gasteiger charge is -2.31. The smallest absolute Gasteiger partial charge is 0.248 e. The maximum Gasteiger partial charge on any atom is 0.248 e. The molecule has 1 rings (SSSR count). The molecule has 0 aliphatic heterocycles. The zero-order valence-corrected chi connectivity index (χ0v) is 8.58. The third-order valence-electron chi connectivity index (χ3n) is 2.71. The van der Waals surface area contributed by atoms with Crippen LogP contribution in [0.2, 0.25) is 0 Å². The van der Waals surface area contributed by atoms with Gasteiger partial charge in [0, 0.05) is 20.2 Å². The van der Waals surface area contributed by atoms with Gasteiger partial charge in [-0.3, -0.25) is 4.79 Å². The first kappa shape index (κ1) is 10.5. The predicted molar refractivity (Wildman–Crippen MR) is 51.5 cm³/mol. The molecule has 0 aromatic heterocycles. The Morgan fingerprint density at radius 1 is 1.54 bits per heavy atom. The zero-order chi connectivity index (χ0) is 9.68. The van der Waals surface area contributed by atoms with E-state index in [-0.39, 0.29) is 12.5 Å². The minimum Gasteiger partial charge on any atom is -0.375 e. The molecule has 0 spiro atoms. The zero-order valence-electron chi connectivity index (χ0n) is 8.58. The molecule has 0 heterocycles. The summed E-state index contributed by atoms with van der Waals surface area (Å²) >= 11 is 0. The molecule has 1 amide bonds. The van der Waals surface area contributed by atoms with E-state index in [0.717, 1.165) is 19.0 Å². The van der Waals surface area contributed by atoms with Crippen molar-refractivity contribution in [2.45, 2.75) is 26.2 Å². The molecule has 76 valence electrons. The molecule has 0 atom stereocenters. The molecule has 3 heteroatoms. The van der Waals surface area contributed by atoms with Gasteiger partial charge in [-0.1, -0.05) is 6.42 Å². The highest BCUT2D eigenvalue weighted by Crippen LogP contribution is 2.26. The van der Waals surface area contributed by atoms with Crippen molar-refractivity contribution in [1.29, 1.82) is 0 Å². The van der Waals surface area contributed by atoms with Crippen molar-refractivity contribution in [1.82, 2.24) is 4.90 Å². The third kappa shape index (κ3) is 2.99. The summed E-state index contributed by atoms with van der Waals surface area (Å²) in [5.41, 5.74) is 0. The second-order valence-electron chi connectivity index (χ2n) is 3.66. The number of carbonyl (C=O) groups is 1. The number of ether oxygens (including phenoxy) is 1. The van der Waals surface area contributed by atoms with Gasteiger partial charge in [-0.2, -0.15) is 0 Å². The van der Waals surface area contributed by atoms with Crippen molar-refractivity contribution in [3.63, 3.8) is 0 Å². The van der Waals surface area contributed by atoms with Gasteiger partial charge < -0.3 is 9.64 Å². The summed E-state index contributed by atoms with van der Waals surface area (Å²) in [6.45, 7) is 3.98. The van der Waals surface area contributed by atoms with Crippen LogP contribution in [-0.4, -0.2) is 37.6 Å². The summed E-state index contributed by atoms with van der Waals surface area (Å²) in [6, 6.07) is 0. The molecule has 0 radical (unpaired) electrons. The first-order valence-electron chi connectivity index (χ1n) is 5.04. The van der Waals surface area contributed by atoms with E-state index in [1.165, 1.54) is 19.3 Å². The lowest BCUT2D eigenvalue weighted by molar-refractivity contribution is -0.136. The van der Waals surface area contributed by atoms with E-state index in [9.17, 15) is 4.79 Å². The van der Waals surface area contributed by atoms with Crippen molar-refractivity contribution >= 4 is 5.91 Å². The molecule has 1 aliphatic carbocycles. The molecule has 0 N–H and O–H groups in total. The minimum atomic E-state index is 0.122. The normalized spacial score (nSPS) is 16.8. The Hall–Kier alpha value is -0.570. The van der Waals surface area contributed by atoms with Crippen LogP contribution >= 0.6 is 0 Å². The fourth-order valence-electron chi connectivity index (χ4n) is 1.61. The monoisotopic (exact) mass is 185 g/mol. The highest BCUT2D eigenvalue weighted by Gasteiger charge is 2.22. The second kappa shape index (κ2) is 5.22. The lowest BCUT2D eigenvalue weighted by atomic mass is 9.85. The van der Waals surface area contributed by atoms with Crippen LogP contribution in [0.3, 0.4) is 0 Å². The summed E-state index contributed by atoms with van der Waals surface area (Å²) in [5.74, 6) is 0.873. The predicted octanol–water partition coefficient (Wildman–Crippen LogP) is 1.28.